The molecule has 0 aliphatic rings. The summed E-state index contributed by atoms with van der Waals surface area (Å²) in [7, 11) is 4.84. The highest BCUT2D eigenvalue weighted by Crippen LogP contribution is 2.32. The van der Waals surface area contributed by atoms with E-state index in [4.69, 9.17) is 14.6 Å². The van der Waals surface area contributed by atoms with Crippen LogP contribution in [0.15, 0.2) is 24.4 Å². The molecule has 1 aromatic heterocycles. The molecule has 19 heavy (non-hydrogen) atoms. The minimum atomic E-state index is -1.06. The Hall–Kier alpha value is -2.50. The first-order valence-electron chi connectivity index (χ1n) is 5.56. The zero-order chi connectivity index (χ0) is 14.0. The van der Waals surface area contributed by atoms with Gasteiger partial charge in [0.25, 0.3) is 0 Å². The fraction of sp³-hybridized carbons (Fsp3) is 0.231. The summed E-state index contributed by atoms with van der Waals surface area (Å²) in [5.41, 5.74) is 0.702. The van der Waals surface area contributed by atoms with Crippen LogP contribution in [-0.4, -0.2) is 34.8 Å². The molecular weight excluding hydrogens is 248 g/mol. The van der Waals surface area contributed by atoms with Gasteiger partial charge in [-0.2, -0.15) is 0 Å². The zero-order valence-electron chi connectivity index (χ0n) is 10.9. The van der Waals surface area contributed by atoms with Crippen molar-refractivity contribution in [2.75, 3.05) is 14.2 Å². The SMILES string of the molecule is COc1ccc(-c2nc(C(=O)O)cn2C)c(OC)c1. The van der Waals surface area contributed by atoms with Gasteiger partial charge in [0.1, 0.15) is 17.3 Å². The van der Waals surface area contributed by atoms with Crippen molar-refractivity contribution in [3.8, 4) is 22.9 Å². The highest BCUT2D eigenvalue weighted by atomic mass is 16.5. The van der Waals surface area contributed by atoms with E-state index in [1.54, 1.807) is 44.0 Å². The number of carboxylic acid groups (broad SMARTS) is 1. The number of hydrogen-bond acceptors (Lipinski definition) is 4. The summed E-state index contributed by atoms with van der Waals surface area (Å²) in [6, 6.07) is 5.28. The van der Waals surface area contributed by atoms with E-state index in [1.165, 1.54) is 6.20 Å². The van der Waals surface area contributed by atoms with Crippen molar-refractivity contribution in [2.24, 2.45) is 7.05 Å². The first-order valence-corrected chi connectivity index (χ1v) is 5.56. The Balaban J connectivity index is 2.55. The molecule has 1 heterocycles. The maximum absolute atomic E-state index is 10.9. The van der Waals surface area contributed by atoms with E-state index in [1.807, 2.05) is 0 Å². The highest BCUT2D eigenvalue weighted by molar-refractivity contribution is 5.86. The minimum absolute atomic E-state index is 0.00429. The van der Waals surface area contributed by atoms with E-state index in [2.05, 4.69) is 4.98 Å². The maximum atomic E-state index is 10.9. The van der Waals surface area contributed by atoms with Crippen LogP contribution in [0.1, 0.15) is 10.5 Å². The molecule has 0 saturated heterocycles. The first kappa shape index (κ1) is 12.9. The molecule has 6 nitrogen and oxygen atoms in total. The van der Waals surface area contributed by atoms with Gasteiger partial charge in [0.15, 0.2) is 5.69 Å². The van der Waals surface area contributed by atoms with Crippen LogP contribution in [-0.2, 0) is 7.05 Å². The molecule has 0 aliphatic carbocycles. The van der Waals surface area contributed by atoms with Crippen LogP contribution in [0.5, 0.6) is 11.5 Å². The molecule has 0 spiro atoms. The summed E-state index contributed by atoms with van der Waals surface area (Å²) in [6.45, 7) is 0. The van der Waals surface area contributed by atoms with Crippen molar-refractivity contribution >= 4 is 5.97 Å². The lowest BCUT2D eigenvalue weighted by Crippen LogP contribution is -1.96. The van der Waals surface area contributed by atoms with Gasteiger partial charge in [-0.05, 0) is 12.1 Å². The summed E-state index contributed by atoms with van der Waals surface area (Å²) < 4.78 is 12.1. The van der Waals surface area contributed by atoms with E-state index in [0.29, 0.717) is 22.9 Å². The lowest BCUT2D eigenvalue weighted by molar-refractivity contribution is 0.0691. The smallest absolute Gasteiger partial charge is 0.356 e. The topological polar surface area (TPSA) is 73.6 Å². The molecule has 0 unspecified atom stereocenters. The maximum Gasteiger partial charge on any atom is 0.356 e. The summed E-state index contributed by atoms with van der Waals surface area (Å²) >= 11 is 0. The molecule has 1 N–H and O–H groups in total. The van der Waals surface area contributed by atoms with Crippen LogP contribution in [0.25, 0.3) is 11.4 Å². The fourth-order valence-corrected chi connectivity index (χ4v) is 1.80. The molecule has 6 heteroatoms. The van der Waals surface area contributed by atoms with E-state index in [9.17, 15) is 4.79 Å². The Kier molecular flexibility index (Phi) is 3.41. The molecule has 0 fully saturated rings. The Morgan fingerprint density at radius 1 is 1.32 bits per heavy atom. The quantitative estimate of drug-likeness (QED) is 0.909. The Morgan fingerprint density at radius 3 is 2.58 bits per heavy atom. The molecule has 0 radical (unpaired) electrons. The van der Waals surface area contributed by atoms with E-state index in [-0.39, 0.29) is 5.69 Å². The number of ether oxygens (including phenoxy) is 2. The highest BCUT2D eigenvalue weighted by Gasteiger charge is 2.16. The summed E-state index contributed by atoms with van der Waals surface area (Å²) in [4.78, 5) is 15.0. The number of benzene rings is 1. The fourth-order valence-electron chi connectivity index (χ4n) is 1.80. The Labute approximate surface area is 110 Å². The number of carbonyl (C=O) groups is 1. The summed E-state index contributed by atoms with van der Waals surface area (Å²) in [5, 5.41) is 8.95. The molecule has 0 saturated carbocycles. The van der Waals surface area contributed by atoms with Crippen LogP contribution in [0.2, 0.25) is 0 Å². The second-order valence-corrected chi connectivity index (χ2v) is 3.93. The standard InChI is InChI=1S/C13H14N2O4/c1-15-7-10(13(16)17)14-12(15)9-5-4-8(18-2)6-11(9)19-3/h4-7H,1-3H3,(H,16,17). The van der Waals surface area contributed by atoms with Crippen molar-refractivity contribution in [1.82, 2.24) is 9.55 Å². The molecule has 2 aromatic rings. The van der Waals surface area contributed by atoms with E-state index < -0.39 is 5.97 Å². The van der Waals surface area contributed by atoms with E-state index >= 15 is 0 Å². The molecule has 0 amide bonds. The van der Waals surface area contributed by atoms with Crippen LogP contribution < -0.4 is 9.47 Å². The number of carboxylic acids is 1. The summed E-state index contributed by atoms with van der Waals surface area (Å²) in [6.07, 6.45) is 1.46. The lowest BCUT2D eigenvalue weighted by Gasteiger charge is -2.09. The first-order chi connectivity index (χ1) is 9.06. The Bertz CT molecular complexity index is 619. The second-order valence-electron chi connectivity index (χ2n) is 3.93. The van der Waals surface area contributed by atoms with Gasteiger partial charge in [0, 0.05) is 19.3 Å². The van der Waals surface area contributed by atoms with Crippen molar-refractivity contribution in [3.63, 3.8) is 0 Å². The zero-order valence-corrected chi connectivity index (χ0v) is 10.9. The third-order valence-electron chi connectivity index (χ3n) is 2.75. The third kappa shape index (κ3) is 2.37. The van der Waals surface area contributed by atoms with Crippen molar-refractivity contribution in [2.45, 2.75) is 0 Å². The average molecular weight is 262 g/mol. The molecule has 100 valence electrons. The number of methoxy groups -OCH3 is 2. The van der Waals surface area contributed by atoms with Gasteiger partial charge < -0.3 is 19.1 Å². The van der Waals surface area contributed by atoms with Gasteiger partial charge in [0.05, 0.1) is 19.8 Å². The molecule has 2 rings (SSSR count). The number of nitrogens with zero attached hydrogens (tertiary/aromatic N) is 2. The van der Waals surface area contributed by atoms with Gasteiger partial charge >= 0.3 is 5.97 Å². The lowest BCUT2D eigenvalue weighted by atomic mass is 10.2. The number of hydrogen-bond donors (Lipinski definition) is 1. The van der Waals surface area contributed by atoms with Crippen LogP contribution in [0.3, 0.4) is 0 Å². The monoisotopic (exact) mass is 262 g/mol. The number of aromatic carboxylic acids is 1. The third-order valence-corrected chi connectivity index (χ3v) is 2.75. The van der Waals surface area contributed by atoms with Crippen LogP contribution >= 0.6 is 0 Å². The molecule has 0 aliphatic heterocycles. The number of rotatable bonds is 4. The van der Waals surface area contributed by atoms with Crippen molar-refractivity contribution in [3.05, 3.63) is 30.1 Å². The van der Waals surface area contributed by atoms with Crippen molar-refractivity contribution in [1.29, 1.82) is 0 Å². The normalized spacial score (nSPS) is 10.3. The molecule has 1 aromatic carbocycles. The van der Waals surface area contributed by atoms with Crippen LogP contribution in [0, 0.1) is 0 Å². The van der Waals surface area contributed by atoms with Crippen molar-refractivity contribution < 1.29 is 19.4 Å². The van der Waals surface area contributed by atoms with Crippen LogP contribution in [0.4, 0.5) is 0 Å². The van der Waals surface area contributed by atoms with Gasteiger partial charge in [-0.25, -0.2) is 9.78 Å². The predicted octanol–water partition coefficient (Wildman–Crippen LogP) is 1.80. The predicted molar refractivity (Wildman–Crippen MR) is 68.7 cm³/mol. The number of aryl methyl sites for hydroxylation is 1. The Morgan fingerprint density at radius 2 is 2.05 bits per heavy atom. The van der Waals surface area contributed by atoms with Gasteiger partial charge in [-0.1, -0.05) is 0 Å². The number of imidazole rings is 1. The minimum Gasteiger partial charge on any atom is -0.497 e. The summed E-state index contributed by atoms with van der Waals surface area (Å²) in [5.74, 6) is 0.699. The average Bonchev–Trinajstić information content (AvgIpc) is 2.80. The van der Waals surface area contributed by atoms with E-state index in [0.717, 1.165) is 0 Å². The van der Waals surface area contributed by atoms with Gasteiger partial charge in [-0.3, -0.25) is 0 Å². The second kappa shape index (κ2) is 5.01. The largest absolute Gasteiger partial charge is 0.497 e. The van der Waals surface area contributed by atoms with Gasteiger partial charge in [0.2, 0.25) is 0 Å². The molecule has 0 atom stereocenters. The number of aromatic nitrogens is 2. The molecule has 0 bridgehead atoms. The molecular formula is C13H14N2O4. The van der Waals surface area contributed by atoms with Gasteiger partial charge in [-0.15, -0.1) is 0 Å².